The van der Waals surface area contributed by atoms with Gasteiger partial charge in [0.25, 0.3) is 0 Å². The molecule has 0 saturated heterocycles. The maximum absolute atomic E-state index is 11.9. The van der Waals surface area contributed by atoms with Crippen LogP contribution >= 0.6 is 0 Å². The number of carbonyl (C=O) groups is 2. The van der Waals surface area contributed by atoms with Crippen LogP contribution in [-0.4, -0.2) is 54.4 Å². The van der Waals surface area contributed by atoms with Crippen LogP contribution in [0.5, 0.6) is 0 Å². The van der Waals surface area contributed by atoms with Gasteiger partial charge in [0.2, 0.25) is 0 Å². The molecule has 106 valence electrons. The number of carboxylic acid groups (broad SMARTS) is 1. The Morgan fingerprint density at radius 3 is 2.39 bits per heavy atom. The van der Waals surface area contributed by atoms with Gasteiger partial charge in [0.05, 0.1) is 0 Å². The molecule has 0 bridgehead atoms. The Kier molecular flexibility index (Phi) is 6.68. The van der Waals surface area contributed by atoms with E-state index in [4.69, 9.17) is 9.84 Å². The summed E-state index contributed by atoms with van der Waals surface area (Å²) in [6.45, 7) is 6.12. The van der Waals surface area contributed by atoms with E-state index in [0.717, 1.165) is 6.42 Å². The third kappa shape index (κ3) is 4.91. The van der Waals surface area contributed by atoms with Gasteiger partial charge in [-0.05, 0) is 20.3 Å². The van der Waals surface area contributed by atoms with E-state index in [1.165, 1.54) is 12.0 Å². The Balaban J connectivity index is 4.55. The Labute approximate surface area is 108 Å². The fourth-order valence-corrected chi connectivity index (χ4v) is 1.25. The van der Waals surface area contributed by atoms with Gasteiger partial charge in [0.15, 0.2) is 0 Å². The zero-order valence-electron chi connectivity index (χ0n) is 11.8. The van der Waals surface area contributed by atoms with Crippen LogP contribution in [0.25, 0.3) is 0 Å². The number of hydrogen-bond donors (Lipinski definition) is 2. The number of urea groups is 1. The number of rotatable bonds is 7. The highest BCUT2D eigenvalue weighted by molar-refractivity contribution is 5.82. The van der Waals surface area contributed by atoms with Crippen molar-refractivity contribution in [2.24, 2.45) is 0 Å². The normalized spacial score (nSPS) is 12.9. The third-order valence-electron chi connectivity index (χ3n) is 3.28. The summed E-state index contributed by atoms with van der Waals surface area (Å²) >= 11 is 0. The summed E-state index contributed by atoms with van der Waals surface area (Å²) in [5.74, 6) is -1.05. The molecule has 0 rings (SSSR count). The number of methoxy groups -OCH3 is 1. The monoisotopic (exact) mass is 260 g/mol. The van der Waals surface area contributed by atoms with Crippen molar-refractivity contribution in [3.63, 3.8) is 0 Å². The number of hydrogen-bond acceptors (Lipinski definition) is 3. The van der Waals surface area contributed by atoms with Gasteiger partial charge in [-0.25, -0.2) is 9.59 Å². The lowest BCUT2D eigenvalue weighted by molar-refractivity contribution is -0.139. The van der Waals surface area contributed by atoms with E-state index in [9.17, 15) is 9.59 Å². The van der Waals surface area contributed by atoms with Crippen LogP contribution in [0.2, 0.25) is 0 Å². The first-order valence-electron chi connectivity index (χ1n) is 6.02. The minimum Gasteiger partial charge on any atom is -0.480 e. The van der Waals surface area contributed by atoms with Gasteiger partial charge in [-0.1, -0.05) is 6.92 Å². The molecule has 1 atom stereocenters. The second kappa shape index (κ2) is 7.20. The minimum atomic E-state index is -1.05. The standard InChI is InChI=1S/C12H24N2O4/c1-6-12(2,3)14(4)11(17)13-9(10(15)16)7-8-18-5/h9H,6-8H2,1-5H3,(H,13,17)(H,15,16). The molecule has 0 fully saturated rings. The molecule has 0 aliphatic carbocycles. The van der Waals surface area contributed by atoms with Crippen LogP contribution in [-0.2, 0) is 9.53 Å². The van der Waals surface area contributed by atoms with Gasteiger partial charge < -0.3 is 20.1 Å². The van der Waals surface area contributed by atoms with Gasteiger partial charge in [0, 0.05) is 32.7 Å². The Bertz CT molecular complexity index is 292. The number of nitrogens with one attached hydrogen (secondary N) is 1. The molecule has 6 heteroatoms. The van der Waals surface area contributed by atoms with Gasteiger partial charge in [-0.2, -0.15) is 0 Å². The van der Waals surface area contributed by atoms with Crippen LogP contribution in [0.4, 0.5) is 4.79 Å². The third-order valence-corrected chi connectivity index (χ3v) is 3.28. The molecular weight excluding hydrogens is 236 g/mol. The lowest BCUT2D eigenvalue weighted by Crippen LogP contribution is -2.53. The van der Waals surface area contributed by atoms with Crippen molar-refractivity contribution in [3.05, 3.63) is 0 Å². The Morgan fingerprint density at radius 1 is 1.44 bits per heavy atom. The second-order valence-corrected chi connectivity index (χ2v) is 4.85. The van der Waals surface area contributed by atoms with E-state index in [0.29, 0.717) is 0 Å². The molecule has 0 heterocycles. The summed E-state index contributed by atoms with van der Waals surface area (Å²) in [6, 6.07) is -1.31. The van der Waals surface area contributed by atoms with E-state index in [2.05, 4.69) is 5.32 Å². The van der Waals surface area contributed by atoms with E-state index in [1.54, 1.807) is 7.05 Å². The zero-order valence-corrected chi connectivity index (χ0v) is 11.8. The van der Waals surface area contributed by atoms with E-state index < -0.39 is 12.0 Å². The first-order valence-corrected chi connectivity index (χ1v) is 6.02. The highest BCUT2D eigenvalue weighted by Gasteiger charge is 2.28. The number of aliphatic carboxylic acids is 1. The highest BCUT2D eigenvalue weighted by atomic mass is 16.5. The lowest BCUT2D eigenvalue weighted by Gasteiger charge is -2.35. The first kappa shape index (κ1) is 16.7. The van der Waals surface area contributed by atoms with Crippen LogP contribution in [0.1, 0.15) is 33.6 Å². The van der Waals surface area contributed by atoms with Crippen LogP contribution in [0.3, 0.4) is 0 Å². The molecule has 0 aliphatic rings. The van der Waals surface area contributed by atoms with Gasteiger partial charge in [0.1, 0.15) is 6.04 Å². The van der Waals surface area contributed by atoms with E-state index >= 15 is 0 Å². The summed E-state index contributed by atoms with van der Waals surface area (Å²) in [5.41, 5.74) is -0.311. The summed E-state index contributed by atoms with van der Waals surface area (Å²) < 4.78 is 4.82. The van der Waals surface area contributed by atoms with Crippen molar-refractivity contribution in [3.8, 4) is 0 Å². The number of carbonyl (C=O) groups excluding carboxylic acids is 1. The van der Waals surface area contributed by atoms with Gasteiger partial charge in [-0.15, -0.1) is 0 Å². The zero-order chi connectivity index (χ0) is 14.3. The molecular formula is C12H24N2O4. The Hall–Kier alpha value is -1.30. The molecule has 2 N–H and O–H groups in total. The highest BCUT2D eigenvalue weighted by Crippen LogP contribution is 2.16. The average molecular weight is 260 g/mol. The predicted octanol–water partition coefficient (Wildman–Crippen LogP) is 1.31. The fourth-order valence-electron chi connectivity index (χ4n) is 1.25. The molecule has 18 heavy (non-hydrogen) atoms. The van der Waals surface area contributed by atoms with Crippen molar-refractivity contribution < 1.29 is 19.4 Å². The van der Waals surface area contributed by atoms with Crippen molar-refractivity contribution in [1.29, 1.82) is 0 Å². The SMILES string of the molecule is CCC(C)(C)N(C)C(=O)NC(CCOC)C(=O)O. The molecule has 2 amide bonds. The van der Waals surface area contributed by atoms with Crippen LogP contribution in [0, 0.1) is 0 Å². The summed E-state index contributed by atoms with van der Waals surface area (Å²) in [7, 11) is 3.15. The maximum atomic E-state index is 11.9. The molecule has 0 aliphatic heterocycles. The van der Waals surface area contributed by atoms with E-state index in [1.807, 2.05) is 20.8 Å². The minimum absolute atomic E-state index is 0.248. The Morgan fingerprint density at radius 2 is 2.00 bits per heavy atom. The van der Waals surface area contributed by atoms with Crippen LogP contribution in [0.15, 0.2) is 0 Å². The molecule has 0 aromatic rings. The molecule has 0 saturated carbocycles. The molecule has 1 unspecified atom stereocenters. The number of ether oxygens (including phenoxy) is 1. The second-order valence-electron chi connectivity index (χ2n) is 4.85. The van der Waals surface area contributed by atoms with Gasteiger partial charge >= 0.3 is 12.0 Å². The number of amides is 2. The predicted molar refractivity (Wildman–Crippen MR) is 68.6 cm³/mol. The van der Waals surface area contributed by atoms with Crippen molar-refractivity contribution in [2.75, 3.05) is 20.8 Å². The van der Waals surface area contributed by atoms with Crippen LogP contribution < -0.4 is 5.32 Å². The smallest absolute Gasteiger partial charge is 0.326 e. The van der Waals surface area contributed by atoms with E-state index in [-0.39, 0.29) is 24.6 Å². The fraction of sp³-hybridized carbons (Fsp3) is 0.833. The molecule has 0 spiro atoms. The molecule has 0 aromatic heterocycles. The average Bonchev–Trinajstić information content (AvgIpc) is 2.32. The molecule has 0 radical (unpaired) electrons. The van der Waals surface area contributed by atoms with Crippen molar-refractivity contribution in [1.82, 2.24) is 10.2 Å². The quantitative estimate of drug-likeness (QED) is 0.723. The molecule has 0 aromatic carbocycles. The first-order chi connectivity index (χ1) is 8.26. The molecule has 6 nitrogen and oxygen atoms in total. The van der Waals surface area contributed by atoms with Crippen molar-refractivity contribution >= 4 is 12.0 Å². The summed E-state index contributed by atoms with van der Waals surface area (Å²) in [6.07, 6.45) is 1.03. The lowest BCUT2D eigenvalue weighted by atomic mass is 10.0. The number of carboxylic acids is 1. The van der Waals surface area contributed by atoms with Gasteiger partial charge in [-0.3, -0.25) is 0 Å². The van der Waals surface area contributed by atoms with Crippen molar-refractivity contribution in [2.45, 2.75) is 45.2 Å². The summed E-state index contributed by atoms with van der Waals surface area (Å²) in [4.78, 5) is 24.5. The largest absolute Gasteiger partial charge is 0.480 e. The number of nitrogens with zero attached hydrogens (tertiary/aromatic N) is 1. The maximum Gasteiger partial charge on any atom is 0.326 e. The topological polar surface area (TPSA) is 78.9 Å². The summed E-state index contributed by atoms with van der Waals surface area (Å²) in [5, 5.41) is 11.5.